The molecule has 180 valence electrons. The minimum Gasteiger partial charge on any atom is -0.368 e. The third-order valence-corrected chi connectivity index (χ3v) is 7.22. The molecule has 1 aromatic rings. The van der Waals surface area contributed by atoms with Crippen LogP contribution in [0, 0.1) is 5.92 Å². The molecule has 8 heteroatoms. The maximum absolute atomic E-state index is 13.1. The fourth-order valence-corrected chi connectivity index (χ4v) is 5.45. The van der Waals surface area contributed by atoms with Crippen molar-refractivity contribution < 1.29 is 4.79 Å². The van der Waals surface area contributed by atoms with Crippen molar-refractivity contribution in [1.29, 1.82) is 0 Å². The Morgan fingerprint density at radius 3 is 2.66 bits per heavy atom. The summed E-state index contributed by atoms with van der Waals surface area (Å²) in [5, 5.41) is 3.37. The van der Waals surface area contributed by atoms with Crippen molar-refractivity contribution >= 4 is 12.0 Å². The first-order chi connectivity index (χ1) is 15.5. The van der Waals surface area contributed by atoms with Gasteiger partial charge in [-0.25, -0.2) is 14.8 Å². The van der Waals surface area contributed by atoms with Gasteiger partial charge >= 0.3 is 6.03 Å². The minimum atomic E-state index is 0.0784. The number of hydrogen-bond acceptors (Lipinski definition) is 6. The third-order valence-electron chi connectivity index (χ3n) is 7.22. The number of nitrogen functional groups attached to an aromatic ring is 1. The van der Waals surface area contributed by atoms with Crippen LogP contribution in [0.25, 0.3) is 0 Å². The molecule has 0 saturated carbocycles. The molecule has 0 spiro atoms. The molecule has 3 N–H and O–H groups in total. The van der Waals surface area contributed by atoms with E-state index in [-0.39, 0.29) is 12.1 Å². The van der Waals surface area contributed by atoms with Crippen molar-refractivity contribution in [3.05, 3.63) is 17.5 Å². The summed E-state index contributed by atoms with van der Waals surface area (Å²) >= 11 is 0. The van der Waals surface area contributed by atoms with E-state index in [0.717, 1.165) is 83.6 Å². The second-order valence-electron chi connectivity index (χ2n) is 9.27. The number of nitrogens with zero attached hydrogens (tertiary/aromatic N) is 5. The van der Waals surface area contributed by atoms with E-state index < -0.39 is 0 Å². The summed E-state index contributed by atoms with van der Waals surface area (Å²) in [6, 6.07) is 0.752. The number of urea groups is 1. The maximum Gasteiger partial charge on any atom is 0.317 e. The smallest absolute Gasteiger partial charge is 0.317 e. The van der Waals surface area contributed by atoms with Crippen LogP contribution in [0.1, 0.15) is 58.2 Å². The monoisotopic (exact) mass is 445 g/mol. The van der Waals surface area contributed by atoms with Crippen LogP contribution in [-0.4, -0.2) is 88.6 Å². The summed E-state index contributed by atoms with van der Waals surface area (Å²) in [6.45, 7) is 15.4. The fraction of sp³-hybridized carbons (Fsp3) is 0.792. The highest BCUT2D eigenvalue weighted by Gasteiger charge is 2.40. The van der Waals surface area contributed by atoms with Crippen LogP contribution in [0.15, 0.2) is 6.20 Å². The van der Waals surface area contributed by atoms with Crippen LogP contribution in [-0.2, 0) is 12.8 Å². The first-order valence-corrected chi connectivity index (χ1v) is 12.6. The predicted octanol–water partition coefficient (Wildman–Crippen LogP) is 2.39. The van der Waals surface area contributed by atoms with Gasteiger partial charge in [0.25, 0.3) is 0 Å². The highest BCUT2D eigenvalue weighted by atomic mass is 16.2. The molecule has 32 heavy (non-hydrogen) atoms. The maximum atomic E-state index is 13.1. The van der Waals surface area contributed by atoms with Crippen LogP contribution in [0.3, 0.4) is 0 Å². The number of amides is 2. The van der Waals surface area contributed by atoms with Crippen molar-refractivity contribution in [2.24, 2.45) is 5.92 Å². The van der Waals surface area contributed by atoms with E-state index in [0.29, 0.717) is 17.9 Å². The van der Waals surface area contributed by atoms with E-state index in [2.05, 4.69) is 52.8 Å². The average Bonchev–Trinajstić information content (AvgIpc) is 2.78. The number of piperidine rings is 1. The molecule has 1 saturated heterocycles. The number of carbonyl (C=O) groups is 1. The lowest BCUT2D eigenvalue weighted by atomic mass is 9.76. The summed E-state index contributed by atoms with van der Waals surface area (Å²) < 4.78 is 0. The molecular weight excluding hydrogens is 402 g/mol. The Morgan fingerprint density at radius 1 is 1.19 bits per heavy atom. The van der Waals surface area contributed by atoms with Gasteiger partial charge in [-0.1, -0.05) is 20.8 Å². The number of anilines is 1. The molecule has 2 amide bonds. The quantitative estimate of drug-likeness (QED) is 0.575. The third kappa shape index (κ3) is 6.10. The standard InChI is InChI=1S/C24H43N7O/c1-5-10-31-17-20(27-24(32)30(8-4)12-9-11-29(6-2)7-3)13-18-14-21-19(15-22(18)31)16-26-23(25)28-21/h16,18,20,22H,5-15,17H2,1-4H3,(H,27,32)(H2,25,26,28)/t18-,20+,22-/m1/s1. The second-order valence-corrected chi connectivity index (χ2v) is 9.27. The summed E-state index contributed by atoms with van der Waals surface area (Å²) in [5.74, 6) is 0.844. The Morgan fingerprint density at radius 2 is 1.97 bits per heavy atom. The lowest BCUT2D eigenvalue weighted by molar-refractivity contribution is 0.0625. The first kappa shape index (κ1) is 24.7. The highest BCUT2D eigenvalue weighted by Crippen LogP contribution is 2.34. The molecule has 1 aromatic heterocycles. The summed E-state index contributed by atoms with van der Waals surface area (Å²) in [4.78, 5) is 28.7. The fourth-order valence-electron chi connectivity index (χ4n) is 5.45. The number of carbonyl (C=O) groups excluding carboxylic acids is 1. The van der Waals surface area contributed by atoms with Gasteiger partial charge in [0.2, 0.25) is 5.95 Å². The lowest BCUT2D eigenvalue weighted by Gasteiger charge is -2.47. The predicted molar refractivity (Wildman–Crippen MR) is 130 cm³/mol. The van der Waals surface area contributed by atoms with Crippen molar-refractivity contribution in [1.82, 2.24) is 30.0 Å². The van der Waals surface area contributed by atoms with Crippen LogP contribution >= 0.6 is 0 Å². The van der Waals surface area contributed by atoms with E-state index in [4.69, 9.17) is 5.73 Å². The van der Waals surface area contributed by atoms with Crippen LogP contribution in [0.5, 0.6) is 0 Å². The van der Waals surface area contributed by atoms with Gasteiger partial charge in [-0.15, -0.1) is 0 Å². The molecule has 3 atom stereocenters. The molecule has 2 heterocycles. The summed E-state index contributed by atoms with van der Waals surface area (Å²) in [5.41, 5.74) is 8.17. The zero-order valence-corrected chi connectivity index (χ0v) is 20.5. The Hall–Kier alpha value is -1.93. The topological polar surface area (TPSA) is 90.6 Å². The molecule has 2 aliphatic rings. The minimum absolute atomic E-state index is 0.0784. The van der Waals surface area contributed by atoms with Gasteiger partial charge in [0.1, 0.15) is 0 Å². The van der Waals surface area contributed by atoms with Crippen LogP contribution in [0.4, 0.5) is 10.7 Å². The zero-order chi connectivity index (χ0) is 23.1. The Bertz CT molecular complexity index is 739. The Balaban J connectivity index is 1.61. The molecule has 1 aliphatic heterocycles. The van der Waals surface area contributed by atoms with Crippen molar-refractivity contribution in [2.45, 2.75) is 71.9 Å². The molecule has 1 fully saturated rings. The molecule has 0 aromatic carbocycles. The molecule has 0 unspecified atom stereocenters. The van der Waals surface area contributed by atoms with Gasteiger partial charge in [-0.05, 0) is 76.7 Å². The number of aromatic nitrogens is 2. The van der Waals surface area contributed by atoms with Gasteiger partial charge < -0.3 is 20.9 Å². The van der Waals surface area contributed by atoms with Gasteiger partial charge in [0.05, 0.1) is 0 Å². The summed E-state index contributed by atoms with van der Waals surface area (Å²) in [7, 11) is 0. The van der Waals surface area contributed by atoms with E-state index in [9.17, 15) is 4.79 Å². The number of likely N-dealkylation sites (tertiary alicyclic amines) is 1. The normalized spacial score (nSPS) is 23.0. The number of nitrogens with one attached hydrogen (secondary N) is 1. The lowest BCUT2D eigenvalue weighted by Crippen LogP contribution is -2.59. The molecule has 8 nitrogen and oxygen atoms in total. The number of rotatable bonds is 10. The van der Waals surface area contributed by atoms with Gasteiger partial charge in [-0.2, -0.15) is 0 Å². The van der Waals surface area contributed by atoms with Crippen LogP contribution in [0.2, 0.25) is 0 Å². The molecule has 0 bridgehead atoms. The second kappa shape index (κ2) is 11.8. The van der Waals surface area contributed by atoms with E-state index in [1.807, 2.05) is 11.1 Å². The van der Waals surface area contributed by atoms with Gasteiger partial charge in [0, 0.05) is 43.6 Å². The largest absolute Gasteiger partial charge is 0.368 e. The molecule has 0 radical (unpaired) electrons. The van der Waals surface area contributed by atoms with Crippen LogP contribution < -0.4 is 11.1 Å². The van der Waals surface area contributed by atoms with Crippen molar-refractivity contribution in [3.63, 3.8) is 0 Å². The van der Waals surface area contributed by atoms with Crippen molar-refractivity contribution in [2.75, 3.05) is 51.5 Å². The van der Waals surface area contributed by atoms with E-state index in [1.54, 1.807) is 0 Å². The SMILES string of the molecule is CCCN1C[C@@H](NC(=O)N(CC)CCCN(CC)CC)C[C@@H]2Cc3nc(N)ncc3C[C@H]21. The van der Waals surface area contributed by atoms with E-state index >= 15 is 0 Å². The average molecular weight is 446 g/mol. The highest BCUT2D eigenvalue weighted by molar-refractivity contribution is 5.74. The Kier molecular flexibility index (Phi) is 9.11. The van der Waals surface area contributed by atoms with E-state index in [1.165, 1.54) is 5.56 Å². The Labute approximate surface area is 193 Å². The molecular formula is C24H43N7O. The van der Waals surface area contributed by atoms with Crippen molar-refractivity contribution in [3.8, 4) is 0 Å². The van der Waals surface area contributed by atoms with Gasteiger partial charge in [0.15, 0.2) is 0 Å². The molecule has 3 rings (SSSR count). The number of hydrogen-bond donors (Lipinski definition) is 2. The first-order valence-electron chi connectivity index (χ1n) is 12.6. The van der Waals surface area contributed by atoms with Gasteiger partial charge in [-0.3, -0.25) is 4.90 Å². The zero-order valence-electron chi connectivity index (χ0n) is 20.5. The number of fused-ring (bicyclic) bond motifs is 2. The summed E-state index contributed by atoms with van der Waals surface area (Å²) in [6.07, 6.45) is 6.92. The molecule has 1 aliphatic carbocycles. The number of nitrogens with two attached hydrogens (primary N) is 1.